The van der Waals surface area contributed by atoms with Gasteiger partial charge in [-0.05, 0) is 30.0 Å². The Morgan fingerprint density at radius 2 is 1.45 bits per heavy atom. The highest BCUT2D eigenvalue weighted by Crippen LogP contribution is 2.30. The first-order chi connectivity index (χ1) is 14.9. The molecule has 3 aromatic carbocycles. The molecule has 1 atom stereocenters. The van der Waals surface area contributed by atoms with E-state index >= 15 is 0 Å². The fourth-order valence-electron chi connectivity index (χ4n) is 3.43. The number of benzene rings is 3. The van der Waals surface area contributed by atoms with Gasteiger partial charge in [-0.1, -0.05) is 78.9 Å². The van der Waals surface area contributed by atoms with E-state index in [0.717, 1.165) is 11.1 Å². The second-order valence-electron chi connectivity index (χ2n) is 7.09. The lowest BCUT2D eigenvalue weighted by Crippen LogP contribution is -2.39. The van der Waals surface area contributed by atoms with E-state index in [9.17, 15) is 18.5 Å². The highest BCUT2D eigenvalue weighted by Gasteiger charge is 2.34. The van der Waals surface area contributed by atoms with Crippen molar-refractivity contribution >= 4 is 15.7 Å². The number of nitrogens with zero attached hydrogens (tertiary/aromatic N) is 2. The van der Waals surface area contributed by atoms with Crippen LogP contribution in [0.25, 0.3) is 0 Å². The monoisotopic (exact) mass is 436 g/mol. The molecule has 0 aliphatic rings. The lowest BCUT2D eigenvalue weighted by atomic mass is 10.0. The predicted molar refractivity (Wildman–Crippen MR) is 121 cm³/mol. The van der Waals surface area contributed by atoms with Gasteiger partial charge < -0.3 is 0 Å². The van der Waals surface area contributed by atoms with Gasteiger partial charge in [0.25, 0.3) is 15.7 Å². The van der Waals surface area contributed by atoms with E-state index in [1.165, 1.54) is 28.6 Å². The second kappa shape index (κ2) is 10.1. The van der Waals surface area contributed by atoms with Crippen LogP contribution < -0.4 is 0 Å². The maximum atomic E-state index is 13.6. The molecule has 0 saturated carbocycles. The summed E-state index contributed by atoms with van der Waals surface area (Å²) >= 11 is 0. The number of para-hydroxylation sites is 1. The molecule has 160 valence electrons. The first-order valence-electron chi connectivity index (χ1n) is 9.89. The molecule has 0 bridgehead atoms. The molecule has 6 nitrogen and oxygen atoms in total. The molecular formula is C24H24N2O4S. The van der Waals surface area contributed by atoms with Crippen molar-refractivity contribution < 1.29 is 13.3 Å². The Labute approximate surface area is 182 Å². The lowest BCUT2D eigenvalue weighted by molar-refractivity contribution is -0.387. The summed E-state index contributed by atoms with van der Waals surface area (Å²) in [5.41, 5.74) is 1.43. The molecule has 0 saturated heterocycles. The van der Waals surface area contributed by atoms with Crippen LogP contribution in [-0.2, 0) is 23.0 Å². The van der Waals surface area contributed by atoms with E-state index in [4.69, 9.17) is 0 Å². The van der Waals surface area contributed by atoms with Crippen molar-refractivity contribution in [1.29, 1.82) is 0 Å². The number of aryl methyl sites for hydroxylation is 1. The minimum atomic E-state index is -4.17. The van der Waals surface area contributed by atoms with Crippen LogP contribution in [0.4, 0.5) is 5.69 Å². The third kappa shape index (κ3) is 5.45. The quantitative estimate of drug-likeness (QED) is 0.255. The molecule has 3 aromatic rings. The number of rotatable bonds is 10. The van der Waals surface area contributed by atoms with E-state index in [0.29, 0.717) is 12.8 Å². The van der Waals surface area contributed by atoms with Gasteiger partial charge in [-0.25, -0.2) is 8.42 Å². The Bertz CT molecular complexity index is 1130. The largest absolute Gasteiger partial charge is 0.289 e. The van der Waals surface area contributed by atoms with E-state index in [2.05, 4.69) is 6.58 Å². The van der Waals surface area contributed by atoms with Crippen LogP contribution in [0.3, 0.4) is 0 Å². The van der Waals surface area contributed by atoms with Gasteiger partial charge in [-0.2, -0.15) is 4.31 Å². The first kappa shape index (κ1) is 22.4. The fourth-order valence-corrected chi connectivity index (χ4v) is 5.21. The minimum Gasteiger partial charge on any atom is -0.258 e. The summed E-state index contributed by atoms with van der Waals surface area (Å²) in [5, 5.41) is 11.5. The van der Waals surface area contributed by atoms with E-state index in [-0.39, 0.29) is 11.4 Å². The number of sulfonamides is 1. The highest BCUT2D eigenvalue weighted by atomic mass is 32.2. The summed E-state index contributed by atoms with van der Waals surface area (Å²) < 4.78 is 28.6. The standard InChI is InChI=1S/C24H24N2O4S/c1-2-22(18-17-20-11-5-3-6-12-20)25(19-21-13-7-4-8-14-21)31(29,30)24-16-10-9-15-23(24)26(27)28/h2-16,22H,1,17-19H2/t22-/m0/s1. The zero-order valence-corrected chi connectivity index (χ0v) is 17.8. The topological polar surface area (TPSA) is 80.5 Å². The first-order valence-corrected chi connectivity index (χ1v) is 11.3. The molecule has 3 rings (SSSR count). The third-order valence-electron chi connectivity index (χ3n) is 5.04. The summed E-state index contributed by atoms with van der Waals surface area (Å²) in [4.78, 5) is 10.5. The molecule has 7 heteroatoms. The molecule has 0 aliphatic carbocycles. The number of hydrogen-bond acceptors (Lipinski definition) is 4. The van der Waals surface area contributed by atoms with Crippen LogP contribution in [0, 0.1) is 10.1 Å². The molecule has 0 N–H and O–H groups in total. The second-order valence-corrected chi connectivity index (χ2v) is 8.95. The average molecular weight is 437 g/mol. The van der Waals surface area contributed by atoms with Crippen molar-refractivity contribution in [1.82, 2.24) is 4.31 Å². The van der Waals surface area contributed by atoms with Gasteiger partial charge in [0.15, 0.2) is 4.90 Å². The maximum Gasteiger partial charge on any atom is 0.289 e. The molecule has 0 fully saturated rings. The van der Waals surface area contributed by atoms with Crippen molar-refractivity contribution in [3.8, 4) is 0 Å². The highest BCUT2D eigenvalue weighted by molar-refractivity contribution is 7.89. The summed E-state index contributed by atoms with van der Waals surface area (Å²) in [6.45, 7) is 3.94. The maximum absolute atomic E-state index is 13.6. The summed E-state index contributed by atoms with van der Waals surface area (Å²) in [5.74, 6) is 0. The van der Waals surface area contributed by atoms with Gasteiger partial charge in [-0.3, -0.25) is 10.1 Å². The van der Waals surface area contributed by atoms with Gasteiger partial charge in [0.05, 0.1) is 4.92 Å². The Balaban J connectivity index is 2.00. The molecule has 31 heavy (non-hydrogen) atoms. The average Bonchev–Trinajstić information content (AvgIpc) is 2.80. The van der Waals surface area contributed by atoms with Crippen molar-refractivity contribution in [3.05, 3.63) is 119 Å². The van der Waals surface area contributed by atoms with Crippen LogP contribution in [0.2, 0.25) is 0 Å². The minimum absolute atomic E-state index is 0.0840. The molecule has 0 radical (unpaired) electrons. The Hall–Kier alpha value is -3.29. The predicted octanol–water partition coefficient (Wildman–Crippen LogP) is 4.97. The molecule has 0 heterocycles. The van der Waals surface area contributed by atoms with Crippen LogP contribution in [0.1, 0.15) is 17.5 Å². The van der Waals surface area contributed by atoms with Gasteiger partial charge in [0.1, 0.15) is 0 Å². The van der Waals surface area contributed by atoms with Crippen molar-refractivity contribution in [2.24, 2.45) is 0 Å². The van der Waals surface area contributed by atoms with Crippen molar-refractivity contribution in [3.63, 3.8) is 0 Å². The zero-order valence-electron chi connectivity index (χ0n) is 17.0. The van der Waals surface area contributed by atoms with Gasteiger partial charge in [0.2, 0.25) is 0 Å². The summed E-state index contributed by atoms with van der Waals surface area (Å²) in [6.07, 6.45) is 2.74. The van der Waals surface area contributed by atoms with Crippen LogP contribution in [-0.4, -0.2) is 23.7 Å². The summed E-state index contributed by atoms with van der Waals surface area (Å²) in [7, 11) is -4.17. The fraction of sp³-hybridized carbons (Fsp3) is 0.167. The normalized spacial score (nSPS) is 12.4. The van der Waals surface area contributed by atoms with Crippen molar-refractivity contribution in [2.45, 2.75) is 30.3 Å². The zero-order chi connectivity index (χ0) is 22.3. The SMILES string of the molecule is C=C[C@@H](CCc1ccccc1)N(Cc1ccccc1)S(=O)(=O)c1ccccc1[N+](=O)[O-]. The summed E-state index contributed by atoms with van der Waals surface area (Å²) in [6, 6.07) is 23.8. The Morgan fingerprint density at radius 3 is 2.03 bits per heavy atom. The number of nitro benzene ring substituents is 1. The van der Waals surface area contributed by atoms with Crippen LogP contribution in [0.15, 0.2) is 102 Å². The van der Waals surface area contributed by atoms with Crippen molar-refractivity contribution in [2.75, 3.05) is 0 Å². The van der Waals surface area contributed by atoms with E-state index in [1.54, 1.807) is 6.08 Å². The third-order valence-corrected chi connectivity index (χ3v) is 6.96. The van der Waals surface area contributed by atoms with Gasteiger partial charge in [0, 0.05) is 18.7 Å². The molecule has 0 amide bonds. The molecule has 0 aromatic heterocycles. The number of hydrogen-bond donors (Lipinski definition) is 0. The van der Waals surface area contributed by atoms with Gasteiger partial charge >= 0.3 is 0 Å². The van der Waals surface area contributed by atoms with Crippen LogP contribution >= 0.6 is 0 Å². The molecule has 0 unspecified atom stereocenters. The Morgan fingerprint density at radius 1 is 0.903 bits per heavy atom. The molecule has 0 aliphatic heterocycles. The Kier molecular flexibility index (Phi) is 7.33. The van der Waals surface area contributed by atoms with Crippen LogP contribution in [0.5, 0.6) is 0 Å². The molecular weight excluding hydrogens is 412 g/mol. The smallest absolute Gasteiger partial charge is 0.258 e. The number of nitro groups is 1. The van der Waals surface area contributed by atoms with E-state index in [1.807, 2.05) is 60.7 Å². The lowest BCUT2D eigenvalue weighted by Gasteiger charge is -2.29. The van der Waals surface area contributed by atoms with Gasteiger partial charge in [-0.15, -0.1) is 6.58 Å². The van der Waals surface area contributed by atoms with E-state index < -0.39 is 26.7 Å². The molecule has 0 spiro atoms.